The Labute approximate surface area is 145 Å². The number of halogens is 1. The topological polar surface area (TPSA) is 69.7 Å². The number of nitrogens with zero attached hydrogens (tertiary/aromatic N) is 1. The van der Waals surface area contributed by atoms with Crippen molar-refractivity contribution in [3.8, 4) is 0 Å². The van der Waals surface area contributed by atoms with Crippen LogP contribution in [0.5, 0.6) is 0 Å². The summed E-state index contributed by atoms with van der Waals surface area (Å²) in [5, 5.41) is 18.3. The van der Waals surface area contributed by atoms with Gasteiger partial charge in [0.05, 0.1) is 0 Å². The van der Waals surface area contributed by atoms with Crippen LogP contribution >= 0.6 is 11.6 Å². The molecule has 4 N–H and O–H groups in total. The quantitative estimate of drug-likeness (QED) is 0.428. The molecular weight excluding hydrogens is 310 g/mol. The second-order valence-corrected chi connectivity index (χ2v) is 6.81. The van der Waals surface area contributed by atoms with Gasteiger partial charge in [-0.05, 0) is 63.8 Å². The van der Waals surface area contributed by atoms with Gasteiger partial charge < -0.3 is 20.7 Å². The molecule has 0 saturated carbocycles. The molecule has 0 spiro atoms. The van der Waals surface area contributed by atoms with Gasteiger partial charge in [-0.15, -0.1) is 0 Å². The van der Waals surface area contributed by atoms with Crippen LogP contribution < -0.4 is 5.73 Å². The Balaban J connectivity index is 2.19. The van der Waals surface area contributed by atoms with Crippen molar-refractivity contribution < 1.29 is 10.0 Å². The van der Waals surface area contributed by atoms with Crippen molar-refractivity contribution in [1.29, 1.82) is 0 Å². The highest BCUT2D eigenvalue weighted by molar-refractivity contribution is 6.45. The van der Waals surface area contributed by atoms with Gasteiger partial charge >= 0.3 is 7.12 Å². The molecule has 128 valence electrons. The van der Waals surface area contributed by atoms with Gasteiger partial charge in [0.15, 0.2) is 0 Å². The molecule has 0 bridgehead atoms. The van der Waals surface area contributed by atoms with Crippen LogP contribution in [-0.4, -0.2) is 41.2 Å². The van der Waals surface area contributed by atoms with E-state index in [4.69, 9.17) is 27.4 Å². The van der Waals surface area contributed by atoms with Crippen LogP contribution in [0.1, 0.15) is 37.7 Å². The van der Waals surface area contributed by atoms with Gasteiger partial charge in [0, 0.05) is 17.1 Å². The van der Waals surface area contributed by atoms with Crippen LogP contribution in [0.25, 0.3) is 0 Å². The van der Waals surface area contributed by atoms with Crippen LogP contribution in [0.3, 0.4) is 0 Å². The number of hydrogen-bond acceptors (Lipinski definition) is 4. The Morgan fingerprint density at radius 2 is 1.87 bits per heavy atom. The molecule has 1 aromatic rings. The van der Waals surface area contributed by atoms with Gasteiger partial charge in [-0.25, -0.2) is 0 Å². The molecule has 0 aliphatic carbocycles. The predicted octanol–water partition coefficient (Wildman–Crippen LogP) is 2.47. The average molecular weight is 339 g/mol. The summed E-state index contributed by atoms with van der Waals surface area (Å²) >= 11 is 5.89. The number of nitrogens with two attached hydrogens (primary N) is 1. The Bertz CT molecular complexity index is 441. The van der Waals surface area contributed by atoms with E-state index in [0.29, 0.717) is 6.42 Å². The minimum Gasteiger partial charge on any atom is -0.427 e. The van der Waals surface area contributed by atoms with E-state index in [1.165, 1.54) is 11.9 Å². The molecule has 0 aromatic heterocycles. The van der Waals surface area contributed by atoms with Crippen molar-refractivity contribution in [1.82, 2.24) is 4.90 Å². The Hall–Kier alpha value is -0.585. The summed E-state index contributed by atoms with van der Waals surface area (Å²) in [7, 11) is 0.751. The fourth-order valence-electron chi connectivity index (χ4n) is 2.53. The maximum absolute atomic E-state index is 8.76. The van der Waals surface area contributed by atoms with Gasteiger partial charge in [0.1, 0.15) is 0 Å². The van der Waals surface area contributed by atoms with Gasteiger partial charge in [0.25, 0.3) is 0 Å². The first-order valence-electron chi connectivity index (χ1n) is 8.05. The van der Waals surface area contributed by atoms with Crippen molar-refractivity contribution >= 4 is 18.7 Å². The minimum atomic E-state index is -1.34. The van der Waals surface area contributed by atoms with Gasteiger partial charge in [-0.1, -0.05) is 36.6 Å². The van der Waals surface area contributed by atoms with Crippen molar-refractivity contribution in [3.05, 3.63) is 48.1 Å². The zero-order chi connectivity index (χ0) is 17.3. The first kappa shape index (κ1) is 20.5. The lowest BCUT2D eigenvalue weighted by atomic mass is 9.81. The molecule has 1 aromatic carbocycles. The average Bonchev–Trinajstić information content (AvgIpc) is 2.46. The summed E-state index contributed by atoms with van der Waals surface area (Å²) in [6.07, 6.45) is 5.53. The summed E-state index contributed by atoms with van der Waals surface area (Å²) in [5.41, 5.74) is 7.00. The van der Waals surface area contributed by atoms with Gasteiger partial charge in [-0.3, -0.25) is 0 Å². The molecule has 4 nitrogen and oxygen atoms in total. The van der Waals surface area contributed by atoms with E-state index in [0.717, 1.165) is 43.8 Å². The molecule has 0 saturated heterocycles. The molecule has 1 unspecified atom stereocenters. The van der Waals surface area contributed by atoms with Crippen molar-refractivity contribution in [2.45, 2.75) is 44.2 Å². The van der Waals surface area contributed by atoms with E-state index in [1.807, 2.05) is 24.3 Å². The molecule has 0 amide bonds. The van der Waals surface area contributed by atoms with Crippen LogP contribution in [0, 0.1) is 13.2 Å². The second kappa shape index (κ2) is 10.3. The Morgan fingerprint density at radius 1 is 1.26 bits per heavy atom. The highest BCUT2D eigenvalue weighted by Crippen LogP contribution is 2.18. The first-order chi connectivity index (χ1) is 10.8. The van der Waals surface area contributed by atoms with E-state index >= 15 is 0 Å². The monoisotopic (exact) mass is 338 g/mol. The zero-order valence-corrected chi connectivity index (χ0v) is 14.7. The standard InChI is InChI=1S/C17H28BClN2O2/c1-17(20,10-3-4-12-18(22)23)11-5-13-21(2)14-15-6-8-16(19)9-7-15/h6-9,12,22-23H,1,3-5,10-11,13-14,20H2,2H3. The summed E-state index contributed by atoms with van der Waals surface area (Å²) in [4.78, 5) is 2.26. The molecule has 1 atom stereocenters. The molecule has 0 heterocycles. The predicted molar refractivity (Wildman–Crippen MR) is 97.6 cm³/mol. The van der Waals surface area contributed by atoms with Crippen LogP contribution in [0.2, 0.25) is 5.02 Å². The smallest absolute Gasteiger partial charge is 0.427 e. The molecule has 0 aliphatic rings. The summed E-state index contributed by atoms with van der Waals surface area (Å²) in [5.74, 6) is 0. The van der Waals surface area contributed by atoms with E-state index < -0.39 is 12.7 Å². The third kappa shape index (κ3) is 10.00. The highest BCUT2D eigenvalue weighted by atomic mass is 35.5. The third-order valence-electron chi connectivity index (χ3n) is 3.84. The fourth-order valence-corrected chi connectivity index (χ4v) is 2.65. The lowest BCUT2D eigenvalue weighted by Crippen LogP contribution is -2.37. The third-order valence-corrected chi connectivity index (χ3v) is 4.09. The van der Waals surface area contributed by atoms with Crippen molar-refractivity contribution in [2.24, 2.45) is 5.73 Å². The maximum atomic E-state index is 8.76. The summed E-state index contributed by atoms with van der Waals surface area (Å²) < 4.78 is 0. The number of unbranched alkanes of at least 4 members (excludes halogenated alkanes) is 1. The van der Waals surface area contributed by atoms with E-state index in [9.17, 15) is 0 Å². The Morgan fingerprint density at radius 3 is 2.48 bits per heavy atom. The Kier molecular flexibility index (Phi) is 9.18. The normalized spacial score (nSPS) is 14.0. The van der Waals surface area contributed by atoms with Crippen LogP contribution in [0.15, 0.2) is 24.3 Å². The SMILES string of the molecule is [CH2]C(N)(CCC[CH]B(O)O)CCCN(C)Cc1ccc(Cl)cc1. The van der Waals surface area contributed by atoms with Crippen LogP contribution in [-0.2, 0) is 6.54 Å². The zero-order valence-electron chi connectivity index (χ0n) is 13.9. The molecule has 23 heavy (non-hydrogen) atoms. The molecule has 1 rings (SSSR count). The van der Waals surface area contributed by atoms with Crippen LogP contribution in [0.4, 0.5) is 0 Å². The first-order valence-corrected chi connectivity index (χ1v) is 8.43. The molecule has 2 radical (unpaired) electrons. The minimum absolute atomic E-state index is 0.449. The number of rotatable bonds is 11. The second-order valence-electron chi connectivity index (χ2n) is 6.37. The summed E-state index contributed by atoms with van der Waals surface area (Å²) in [6, 6.07) is 7.90. The maximum Gasteiger partial charge on any atom is 0.454 e. The van der Waals surface area contributed by atoms with E-state index in [2.05, 4.69) is 18.9 Å². The highest BCUT2D eigenvalue weighted by Gasteiger charge is 2.18. The summed E-state index contributed by atoms with van der Waals surface area (Å²) in [6.45, 7) is 5.92. The number of hydrogen-bond donors (Lipinski definition) is 3. The van der Waals surface area contributed by atoms with E-state index in [-0.39, 0.29) is 0 Å². The molecular formula is C17H28BClN2O2. The van der Waals surface area contributed by atoms with Gasteiger partial charge in [0.2, 0.25) is 0 Å². The lowest BCUT2D eigenvalue weighted by molar-refractivity contribution is 0.299. The van der Waals surface area contributed by atoms with Gasteiger partial charge in [-0.2, -0.15) is 0 Å². The van der Waals surface area contributed by atoms with Crippen molar-refractivity contribution in [3.63, 3.8) is 0 Å². The fraction of sp³-hybridized carbons (Fsp3) is 0.529. The lowest BCUT2D eigenvalue weighted by Gasteiger charge is -2.26. The largest absolute Gasteiger partial charge is 0.454 e. The number of benzene rings is 1. The van der Waals surface area contributed by atoms with E-state index in [1.54, 1.807) is 0 Å². The van der Waals surface area contributed by atoms with Crippen molar-refractivity contribution in [2.75, 3.05) is 13.6 Å². The molecule has 6 heteroatoms. The molecule has 0 fully saturated rings. The molecule has 0 aliphatic heterocycles.